The molecule has 7 nitrogen and oxygen atoms in total. The van der Waals surface area contributed by atoms with Crippen LogP contribution in [0.1, 0.15) is 13.8 Å². The van der Waals surface area contributed by atoms with Gasteiger partial charge in [-0.25, -0.2) is 4.79 Å². The number of nitrogens with one attached hydrogen (secondary N) is 3. The van der Waals surface area contributed by atoms with Crippen molar-refractivity contribution in [2.24, 2.45) is 5.73 Å². The van der Waals surface area contributed by atoms with E-state index < -0.39 is 12.1 Å². The van der Waals surface area contributed by atoms with Gasteiger partial charge in [0.05, 0.1) is 0 Å². The predicted molar refractivity (Wildman–Crippen MR) is 53.9 cm³/mol. The van der Waals surface area contributed by atoms with Gasteiger partial charge in [0.1, 0.15) is 6.04 Å². The molecule has 0 spiro atoms. The van der Waals surface area contributed by atoms with Crippen LogP contribution in [0.5, 0.6) is 0 Å². The van der Waals surface area contributed by atoms with E-state index in [9.17, 15) is 14.4 Å². The summed E-state index contributed by atoms with van der Waals surface area (Å²) in [4.78, 5) is 32.1. The van der Waals surface area contributed by atoms with Gasteiger partial charge in [-0.1, -0.05) is 0 Å². The van der Waals surface area contributed by atoms with Crippen molar-refractivity contribution in [1.82, 2.24) is 16.0 Å². The van der Waals surface area contributed by atoms with Crippen molar-refractivity contribution in [2.75, 3.05) is 13.1 Å². The number of carbonyl (C=O) groups excluding carboxylic acids is 3. The smallest absolute Gasteiger partial charge is 0.312 e. The zero-order valence-corrected chi connectivity index (χ0v) is 8.79. The lowest BCUT2D eigenvalue weighted by Crippen LogP contribution is -2.48. The van der Waals surface area contributed by atoms with Crippen LogP contribution in [0.2, 0.25) is 0 Å². The second-order valence-corrected chi connectivity index (χ2v) is 3.00. The molecule has 0 aromatic heterocycles. The van der Waals surface area contributed by atoms with E-state index >= 15 is 0 Å². The summed E-state index contributed by atoms with van der Waals surface area (Å²) in [6.45, 7) is 3.56. The normalized spacial score (nSPS) is 11.3. The van der Waals surface area contributed by atoms with Crippen LogP contribution in [0.15, 0.2) is 0 Å². The number of nitrogens with two attached hydrogens (primary N) is 1. The van der Waals surface area contributed by atoms with Crippen LogP contribution >= 0.6 is 0 Å². The van der Waals surface area contributed by atoms with Crippen LogP contribution in [-0.2, 0) is 9.59 Å². The van der Waals surface area contributed by atoms with E-state index in [1.165, 1.54) is 13.8 Å². The summed E-state index contributed by atoms with van der Waals surface area (Å²) in [7, 11) is 0. The van der Waals surface area contributed by atoms with Gasteiger partial charge in [0, 0.05) is 20.0 Å². The third-order valence-electron chi connectivity index (χ3n) is 1.55. The molecule has 0 rings (SSSR count). The number of primary amides is 1. The van der Waals surface area contributed by atoms with Gasteiger partial charge < -0.3 is 21.7 Å². The molecule has 0 aromatic carbocycles. The van der Waals surface area contributed by atoms with Crippen molar-refractivity contribution in [2.45, 2.75) is 19.9 Å². The molecule has 1 unspecified atom stereocenters. The van der Waals surface area contributed by atoms with Crippen LogP contribution in [0.3, 0.4) is 0 Å². The first-order valence-electron chi connectivity index (χ1n) is 4.51. The minimum absolute atomic E-state index is 0.160. The Morgan fingerprint density at radius 3 is 2.20 bits per heavy atom. The molecule has 0 saturated heterocycles. The van der Waals surface area contributed by atoms with E-state index in [1.807, 2.05) is 0 Å². The molecule has 86 valence electrons. The van der Waals surface area contributed by atoms with Gasteiger partial charge in [0.2, 0.25) is 11.8 Å². The molecule has 5 N–H and O–H groups in total. The quantitative estimate of drug-likeness (QED) is 0.410. The van der Waals surface area contributed by atoms with Crippen LogP contribution in [0, 0.1) is 0 Å². The first-order valence-corrected chi connectivity index (χ1v) is 4.51. The molecule has 0 saturated carbocycles. The second kappa shape index (κ2) is 6.63. The fourth-order valence-electron chi connectivity index (χ4n) is 0.856. The highest BCUT2D eigenvalue weighted by atomic mass is 16.2. The lowest BCUT2D eigenvalue weighted by atomic mass is 10.3. The summed E-state index contributed by atoms with van der Waals surface area (Å²) < 4.78 is 0. The van der Waals surface area contributed by atoms with E-state index in [-0.39, 0.29) is 11.8 Å². The molecule has 15 heavy (non-hydrogen) atoms. The number of urea groups is 1. The molecule has 0 aliphatic carbocycles. The van der Waals surface area contributed by atoms with Gasteiger partial charge in [-0.2, -0.15) is 0 Å². The van der Waals surface area contributed by atoms with Crippen LogP contribution in [0.4, 0.5) is 4.79 Å². The summed E-state index contributed by atoms with van der Waals surface area (Å²) in [6, 6.07) is -1.43. The molecule has 0 aliphatic heterocycles. The Morgan fingerprint density at radius 1 is 1.20 bits per heavy atom. The lowest BCUT2D eigenvalue weighted by Gasteiger charge is -2.12. The highest BCUT2D eigenvalue weighted by molar-refractivity contribution is 5.86. The number of rotatable bonds is 5. The number of carbonyl (C=O) groups is 3. The maximum Gasteiger partial charge on any atom is 0.312 e. The number of amides is 4. The van der Waals surface area contributed by atoms with E-state index in [1.54, 1.807) is 0 Å². The molecule has 0 bridgehead atoms. The molecule has 0 heterocycles. The van der Waals surface area contributed by atoms with Gasteiger partial charge in [0.15, 0.2) is 0 Å². The van der Waals surface area contributed by atoms with Crippen molar-refractivity contribution in [3.63, 3.8) is 0 Å². The highest BCUT2D eigenvalue weighted by Crippen LogP contribution is 1.80. The monoisotopic (exact) mass is 216 g/mol. The molecule has 0 aliphatic rings. The zero-order valence-electron chi connectivity index (χ0n) is 8.79. The van der Waals surface area contributed by atoms with Gasteiger partial charge in [-0.3, -0.25) is 9.59 Å². The first kappa shape index (κ1) is 13.2. The molecular formula is C8H16N4O3. The number of hydrogen-bond donors (Lipinski definition) is 4. The molecule has 7 heteroatoms. The molecule has 0 fully saturated rings. The van der Waals surface area contributed by atoms with Crippen molar-refractivity contribution in [1.29, 1.82) is 0 Å². The third-order valence-corrected chi connectivity index (χ3v) is 1.55. The Bertz CT molecular complexity index is 254. The Kier molecular flexibility index (Phi) is 5.84. The van der Waals surface area contributed by atoms with E-state index in [2.05, 4.69) is 16.0 Å². The topological polar surface area (TPSA) is 113 Å². The minimum Gasteiger partial charge on any atom is -0.355 e. The summed E-state index contributed by atoms with van der Waals surface area (Å²) >= 11 is 0. The highest BCUT2D eigenvalue weighted by Gasteiger charge is 2.12. The van der Waals surface area contributed by atoms with Gasteiger partial charge in [0.25, 0.3) is 0 Å². The fourth-order valence-corrected chi connectivity index (χ4v) is 0.856. The average Bonchev–Trinajstić information content (AvgIpc) is 2.10. The third kappa shape index (κ3) is 7.29. The summed E-state index contributed by atoms with van der Waals surface area (Å²) in [5, 5.41) is 7.27. The summed E-state index contributed by atoms with van der Waals surface area (Å²) in [6.07, 6.45) is 0. The Hall–Kier alpha value is -1.79. The Labute approximate surface area is 87.8 Å². The number of hydrogen-bond acceptors (Lipinski definition) is 3. The van der Waals surface area contributed by atoms with Gasteiger partial charge in [-0.05, 0) is 6.92 Å². The Balaban J connectivity index is 3.64. The fraction of sp³-hybridized carbons (Fsp3) is 0.625. The average molecular weight is 216 g/mol. The standard InChI is InChI=1S/C8H16N4O3/c1-5(12-8(9)15)7(14)11-4-3-10-6(2)13/h5H,3-4H2,1-2H3,(H,10,13)(H,11,14)(H3,9,12,15). The summed E-state index contributed by atoms with van der Waals surface area (Å²) in [5.41, 5.74) is 4.84. The van der Waals surface area contributed by atoms with Crippen LogP contribution < -0.4 is 21.7 Å². The van der Waals surface area contributed by atoms with Crippen LogP contribution in [0.25, 0.3) is 0 Å². The minimum atomic E-state index is -0.750. The van der Waals surface area contributed by atoms with Crippen molar-refractivity contribution in [3.05, 3.63) is 0 Å². The zero-order chi connectivity index (χ0) is 11.8. The molecule has 4 amide bonds. The maximum absolute atomic E-state index is 11.2. The SMILES string of the molecule is CC(=O)NCCNC(=O)C(C)NC(N)=O. The van der Waals surface area contributed by atoms with E-state index in [0.29, 0.717) is 13.1 Å². The molecule has 0 aromatic rings. The van der Waals surface area contributed by atoms with E-state index in [0.717, 1.165) is 0 Å². The lowest BCUT2D eigenvalue weighted by molar-refractivity contribution is -0.123. The maximum atomic E-state index is 11.2. The largest absolute Gasteiger partial charge is 0.355 e. The first-order chi connectivity index (χ1) is 6.93. The van der Waals surface area contributed by atoms with Crippen molar-refractivity contribution >= 4 is 17.8 Å². The van der Waals surface area contributed by atoms with E-state index in [4.69, 9.17) is 5.73 Å². The summed E-state index contributed by atoms with van der Waals surface area (Å²) in [5.74, 6) is -0.508. The molecular weight excluding hydrogens is 200 g/mol. The Morgan fingerprint density at radius 2 is 1.73 bits per heavy atom. The second-order valence-electron chi connectivity index (χ2n) is 3.00. The molecule has 1 atom stereocenters. The van der Waals surface area contributed by atoms with Gasteiger partial charge >= 0.3 is 6.03 Å². The van der Waals surface area contributed by atoms with Gasteiger partial charge in [-0.15, -0.1) is 0 Å². The predicted octanol–water partition coefficient (Wildman–Crippen LogP) is -1.70. The van der Waals surface area contributed by atoms with Crippen LogP contribution in [-0.4, -0.2) is 37.0 Å². The van der Waals surface area contributed by atoms with Crippen molar-refractivity contribution in [3.8, 4) is 0 Å². The van der Waals surface area contributed by atoms with Crippen molar-refractivity contribution < 1.29 is 14.4 Å². The molecule has 0 radical (unpaired) electrons.